The van der Waals surface area contributed by atoms with Gasteiger partial charge in [-0.3, -0.25) is 24.3 Å². The molecule has 0 aliphatic heterocycles. The van der Waals surface area contributed by atoms with Crippen molar-refractivity contribution >= 4 is 45.7 Å². The summed E-state index contributed by atoms with van der Waals surface area (Å²) in [7, 11) is 0. The van der Waals surface area contributed by atoms with E-state index in [1.165, 1.54) is 28.8 Å². The number of nitro benzene ring substituents is 1. The van der Waals surface area contributed by atoms with Gasteiger partial charge in [-0.15, -0.1) is 6.58 Å². The molecule has 0 atom stereocenters. The van der Waals surface area contributed by atoms with Crippen LogP contribution in [0, 0.1) is 10.1 Å². The number of hydrogen-bond donors (Lipinski definition) is 0. The number of ketones is 1. The van der Waals surface area contributed by atoms with Crippen molar-refractivity contribution in [3.8, 4) is 0 Å². The van der Waals surface area contributed by atoms with Crippen LogP contribution in [0.15, 0.2) is 65.1 Å². The number of non-ortho nitro benzene ring substituents is 1. The van der Waals surface area contributed by atoms with Gasteiger partial charge in [0.25, 0.3) is 11.2 Å². The molecule has 3 aromatic rings. The van der Waals surface area contributed by atoms with Crippen molar-refractivity contribution in [3.63, 3.8) is 0 Å². The smallest absolute Gasteiger partial charge is 0.270 e. The zero-order valence-electron chi connectivity index (χ0n) is 14.5. The van der Waals surface area contributed by atoms with Gasteiger partial charge in [-0.25, -0.2) is 4.98 Å². The molecule has 0 bridgehead atoms. The number of rotatable bonds is 7. The first-order chi connectivity index (χ1) is 13.4. The van der Waals surface area contributed by atoms with E-state index in [1.807, 2.05) is 0 Å². The van der Waals surface area contributed by atoms with Gasteiger partial charge in [0.2, 0.25) is 0 Å². The molecular weight excluding hydrogens is 402 g/mol. The lowest BCUT2D eigenvalue weighted by Gasteiger charge is -2.11. The average molecular weight is 416 g/mol. The second-order valence-corrected chi connectivity index (χ2v) is 7.16. The van der Waals surface area contributed by atoms with Crippen LogP contribution in [0.4, 0.5) is 5.69 Å². The van der Waals surface area contributed by atoms with Gasteiger partial charge in [-0.05, 0) is 18.2 Å². The maximum atomic E-state index is 12.7. The van der Waals surface area contributed by atoms with E-state index in [-0.39, 0.29) is 34.9 Å². The minimum Gasteiger partial charge on any atom is -0.293 e. The van der Waals surface area contributed by atoms with Crippen LogP contribution in [0.1, 0.15) is 10.4 Å². The highest BCUT2D eigenvalue weighted by Gasteiger charge is 2.15. The number of halogens is 1. The number of fused-ring (bicyclic) bond motifs is 1. The maximum Gasteiger partial charge on any atom is 0.270 e. The summed E-state index contributed by atoms with van der Waals surface area (Å²) >= 11 is 7.07. The summed E-state index contributed by atoms with van der Waals surface area (Å²) in [5, 5.41) is 12.1. The lowest BCUT2D eigenvalue weighted by atomic mass is 10.1. The third-order valence-corrected chi connectivity index (χ3v) is 5.12. The number of benzene rings is 2. The number of nitro groups is 1. The Kier molecular flexibility index (Phi) is 5.91. The Balaban J connectivity index is 1.93. The molecule has 9 heteroatoms. The van der Waals surface area contributed by atoms with Crippen LogP contribution in [0.25, 0.3) is 10.9 Å². The highest BCUT2D eigenvalue weighted by Crippen LogP contribution is 2.22. The largest absolute Gasteiger partial charge is 0.293 e. The Morgan fingerprint density at radius 3 is 2.82 bits per heavy atom. The molecule has 0 aliphatic carbocycles. The molecular formula is C19H14ClN3O4S. The third-order valence-electron chi connectivity index (χ3n) is 3.91. The average Bonchev–Trinajstić information content (AvgIpc) is 2.68. The van der Waals surface area contributed by atoms with Crippen molar-refractivity contribution in [1.29, 1.82) is 0 Å². The van der Waals surface area contributed by atoms with Crippen molar-refractivity contribution in [2.45, 2.75) is 11.7 Å². The van der Waals surface area contributed by atoms with Crippen molar-refractivity contribution in [2.24, 2.45) is 0 Å². The van der Waals surface area contributed by atoms with Gasteiger partial charge in [0, 0.05) is 29.3 Å². The first kappa shape index (κ1) is 19.8. The number of aromatic nitrogens is 2. The van der Waals surface area contributed by atoms with Crippen molar-refractivity contribution in [2.75, 3.05) is 5.75 Å². The van der Waals surface area contributed by atoms with Gasteiger partial charge in [0.05, 0.1) is 21.6 Å². The molecule has 1 heterocycles. The molecule has 2 aromatic carbocycles. The summed E-state index contributed by atoms with van der Waals surface area (Å²) in [5.74, 6) is -0.337. The molecule has 28 heavy (non-hydrogen) atoms. The number of nitrogens with zero attached hydrogens (tertiary/aromatic N) is 3. The predicted octanol–water partition coefficient (Wildman–Crippen LogP) is 4.12. The highest BCUT2D eigenvalue weighted by atomic mass is 35.5. The van der Waals surface area contributed by atoms with E-state index in [1.54, 1.807) is 24.3 Å². The molecule has 3 rings (SSSR count). The van der Waals surface area contributed by atoms with Crippen molar-refractivity contribution < 1.29 is 9.72 Å². The van der Waals surface area contributed by atoms with E-state index < -0.39 is 4.92 Å². The van der Waals surface area contributed by atoms with Crippen molar-refractivity contribution in [3.05, 3.63) is 86.2 Å². The first-order valence-electron chi connectivity index (χ1n) is 8.12. The minimum absolute atomic E-state index is 0.0309. The Bertz CT molecular complexity index is 1160. The topological polar surface area (TPSA) is 95.1 Å². The predicted molar refractivity (Wildman–Crippen MR) is 109 cm³/mol. The van der Waals surface area contributed by atoms with Crippen LogP contribution >= 0.6 is 23.4 Å². The lowest BCUT2D eigenvalue weighted by molar-refractivity contribution is -0.384. The van der Waals surface area contributed by atoms with Crippen LogP contribution in [0.2, 0.25) is 5.02 Å². The number of thioether (sulfide) groups is 1. The van der Waals surface area contributed by atoms with E-state index in [0.29, 0.717) is 21.1 Å². The van der Waals surface area contributed by atoms with E-state index >= 15 is 0 Å². The fourth-order valence-electron chi connectivity index (χ4n) is 2.58. The van der Waals surface area contributed by atoms with Gasteiger partial charge < -0.3 is 0 Å². The molecule has 0 unspecified atom stereocenters. The van der Waals surface area contributed by atoms with Gasteiger partial charge >= 0.3 is 0 Å². The Hall–Kier alpha value is -2.97. The van der Waals surface area contributed by atoms with Crippen LogP contribution in [0.5, 0.6) is 0 Å². The second kappa shape index (κ2) is 8.37. The van der Waals surface area contributed by atoms with Gasteiger partial charge in [0.15, 0.2) is 10.9 Å². The fraction of sp³-hybridized carbons (Fsp3) is 0.105. The molecule has 0 saturated carbocycles. The van der Waals surface area contributed by atoms with Gasteiger partial charge in [-0.2, -0.15) is 0 Å². The summed E-state index contributed by atoms with van der Waals surface area (Å²) in [6, 6.07) is 10.3. The van der Waals surface area contributed by atoms with Crippen LogP contribution in [-0.2, 0) is 6.54 Å². The summed E-state index contributed by atoms with van der Waals surface area (Å²) in [5.41, 5.74) is 0.246. The van der Waals surface area contributed by atoms with Crippen LogP contribution in [-0.4, -0.2) is 26.0 Å². The quantitative estimate of drug-likeness (QED) is 0.144. The fourth-order valence-corrected chi connectivity index (χ4v) is 3.65. The Morgan fingerprint density at radius 2 is 2.11 bits per heavy atom. The lowest BCUT2D eigenvalue weighted by Crippen LogP contribution is -2.23. The number of Topliss-reactive ketones (excluding diaryl/α,β-unsaturated/α-hetero) is 1. The number of carbonyl (C=O) groups is 1. The van der Waals surface area contributed by atoms with Gasteiger partial charge in [-0.1, -0.05) is 41.6 Å². The second-order valence-electron chi connectivity index (χ2n) is 5.78. The molecule has 0 aliphatic rings. The normalized spacial score (nSPS) is 10.8. The maximum absolute atomic E-state index is 12.7. The standard InChI is InChI=1S/C19H14ClN3O4S/c1-2-8-22-18(25)15-7-6-13(20)10-16(15)21-19(22)28-11-17(24)12-4-3-5-14(9-12)23(26)27/h2-7,9-10H,1,8,11H2. The molecule has 0 saturated heterocycles. The molecule has 0 spiro atoms. The molecule has 0 amide bonds. The van der Waals surface area contributed by atoms with E-state index in [9.17, 15) is 19.7 Å². The Labute approximate surface area is 168 Å². The Morgan fingerprint density at radius 1 is 1.32 bits per heavy atom. The zero-order valence-corrected chi connectivity index (χ0v) is 16.1. The summed E-state index contributed by atoms with van der Waals surface area (Å²) in [6.07, 6.45) is 1.57. The molecule has 0 fully saturated rings. The molecule has 7 nitrogen and oxygen atoms in total. The number of allylic oxidation sites excluding steroid dienone is 1. The van der Waals surface area contributed by atoms with E-state index in [2.05, 4.69) is 11.6 Å². The molecule has 142 valence electrons. The zero-order chi connectivity index (χ0) is 20.3. The summed E-state index contributed by atoms with van der Waals surface area (Å²) < 4.78 is 1.43. The first-order valence-corrected chi connectivity index (χ1v) is 9.48. The number of hydrogen-bond acceptors (Lipinski definition) is 6. The summed E-state index contributed by atoms with van der Waals surface area (Å²) in [4.78, 5) is 40.0. The molecule has 0 N–H and O–H groups in total. The van der Waals surface area contributed by atoms with Crippen molar-refractivity contribution in [1.82, 2.24) is 9.55 Å². The monoisotopic (exact) mass is 415 g/mol. The highest BCUT2D eigenvalue weighted by molar-refractivity contribution is 7.99. The third kappa shape index (κ3) is 4.13. The molecule has 0 radical (unpaired) electrons. The SMILES string of the molecule is C=CCn1c(SCC(=O)c2cccc([N+](=O)[O-])c2)nc2cc(Cl)ccc2c1=O. The van der Waals surface area contributed by atoms with Crippen LogP contribution in [0.3, 0.4) is 0 Å². The summed E-state index contributed by atoms with van der Waals surface area (Å²) in [6.45, 7) is 3.89. The number of carbonyl (C=O) groups excluding carboxylic acids is 1. The van der Waals surface area contributed by atoms with Gasteiger partial charge in [0.1, 0.15) is 0 Å². The van der Waals surface area contributed by atoms with E-state index in [4.69, 9.17) is 11.6 Å². The van der Waals surface area contributed by atoms with Crippen LogP contribution < -0.4 is 5.56 Å². The minimum atomic E-state index is -0.555. The van der Waals surface area contributed by atoms with E-state index in [0.717, 1.165) is 11.8 Å². The molecule has 1 aromatic heterocycles.